The Morgan fingerprint density at radius 1 is 1.19 bits per heavy atom. The van der Waals surface area contributed by atoms with Gasteiger partial charge in [0.1, 0.15) is 17.9 Å². The minimum absolute atomic E-state index is 0.275. The fraction of sp³-hybridized carbons (Fsp3) is 0.111. The van der Waals surface area contributed by atoms with Crippen LogP contribution in [-0.4, -0.2) is 27.5 Å². The topological polar surface area (TPSA) is 103 Å². The summed E-state index contributed by atoms with van der Waals surface area (Å²) >= 11 is 1.25. The number of carbonyl (C=O) groups excluding carboxylic acids is 1. The summed E-state index contributed by atoms with van der Waals surface area (Å²) in [5.41, 5.74) is 8.96. The van der Waals surface area contributed by atoms with Crippen LogP contribution in [0.1, 0.15) is 15.4 Å². The molecule has 0 unspecified atom stereocenters. The summed E-state index contributed by atoms with van der Waals surface area (Å²) in [6.45, 7) is 0.715. The summed E-state index contributed by atoms with van der Waals surface area (Å²) < 4.78 is 6.39. The number of ether oxygens (including phenoxy) is 1. The first-order valence-corrected chi connectivity index (χ1v) is 8.87. The van der Waals surface area contributed by atoms with E-state index < -0.39 is 5.91 Å². The Kier molecular flexibility index (Phi) is 3.26. The number of anilines is 2. The van der Waals surface area contributed by atoms with Crippen molar-refractivity contribution in [2.75, 3.05) is 11.9 Å². The molecule has 0 radical (unpaired) electrons. The molecule has 0 bridgehead atoms. The molecule has 2 aromatic heterocycles. The van der Waals surface area contributed by atoms with Gasteiger partial charge in [0.25, 0.3) is 5.91 Å². The molecule has 0 fully saturated rings. The Balaban J connectivity index is 1.67. The number of thiazole rings is 1. The fourth-order valence-electron chi connectivity index (χ4n) is 3.13. The van der Waals surface area contributed by atoms with E-state index in [-0.39, 0.29) is 5.01 Å². The van der Waals surface area contributed by atoms with Crippen molar-refractivity contribution in [1.29, 1.82) is 0 Å². The van der Waals surface area contributed by atoms with Gasteiger partial charge in [-0.2, -0.15) is 0 Å². The summed E-state index contributed by atoms with van der Waals surface area (Å²) in [6.07, 6.45) is 2.42. The number of amides is 1. The number of nitrogens with zero attached hydrogens (tertiary/aromatic N) is 3. The van der Waals surface area contributed by atoms with Crippen molar-refractivity contribution in [3.05, 3.63) is 47.2 Å². The minimum Gasteiger partial charge on any atom is -0.493 e. The van der Waals surface area contributed by atoms with Gasteiger partial charge >= 0.3 is 0 Å². The lowest BCUT2D eigenvalue weighted by atomic mass is 10.1. The average Bonchev–Trinajstić information content (AvgIpc) is 3.28. The van der Waals surface area contributed by atoms with Gasteiger partial charge in [0.15, 0.2) is 5.01 Å². The second-order valence-corrected chi connectivity index (χ2v) is 6.96. The molecule has 1 amide bonds. The standard InChI is InChI=1S/C18H13N5O2S/c19-16(24)18-23-12-3-2-11-14(15(12)26-18)17(21-8-20-11)22-10-1-4-13-9(7-10)5-6-25-13/h1-4,7-8H,5-6H2,(H2,19,24)(H,20,21,22). The third kappa shape index (κ3) is 2.34. The van der Waals surface area contributed by atoms with Crippen molar-refractivity contribution in [3.63, 3.8) is 0 Å². The molecular formula is C18H13N5O2S. The number of carbonyl (C=O) groups is 1. The highest BCUT2D eigenvalue weighted by Gasteiger charge is 2.16. The van der Waals surface area contributed by atoms with Crippen LogP contribution in [0.4, 0.5) is 11.5 Å². The lowest BCUT2D eigenvalue weighted by molar-refractivity contribution is 0.1000. The van der Waals surface area contributed by atoms with Crippen LogP contribution in [0.2, 0.25) is 0 Å². The van der Waals surface area contributed by atoms with E-state index in [0.717, 1.165) is 33.5 Å². The van der Waals surface area contributed by atoms with Crippen LogP contribution in [-0.2, 0) is 6.42 Å². The van der Waals surface area contributed by atoms with Crippen LogP contribution in [0.5, 0.6) is 5.75 Å². The van der Waals surface area contributed by atoms with Crippen molar-refractivity contribution in [3.8, 4) is 5.75 Å². The molecule has 8 heteroatoms. The highest BCUT2D eigenvalue weighted by Crippen LogP contribution is 2.35. The summed E-state index contributed by atoms with van der Waals surface area (Å²) in [5.74, 6) is 1.06. The van der Waals surface area contributed by atoms with Crippen molar-refractivity contribution in [2.24, 2.45) is 5.73 Å². The molecule has 7 nitrogen and oxygen atoms in total. The van der Waals surface area contributed by atoms with Crippen LogP contribution >= 0.6 is 11.3 Å². The van der Waals surface area contributed by atoms with Gasteiger partial charge < -0.3 is 15.8 Å². The molecule has 4 aromatic rings. The molecule has 0 saturated heterocycles. The molecule has 1 aliphatic rings. The zero-order valence-electron chi connectivity index (χ0n) is 13.5. The zero-order valence-corrected chi connectivity index (χ0v) is 14.3. The quantitative estimate of drug-likeness (QED) is 0.580. The lowest BCUT2D eigenvalue weighted by Gasteiger charge is -2.10. The number of hydrogen-bond donors (Lipinski definition) is 2. The minimum atomic E-state index is -0.538. The Hall–Kier alpha value is -3.26. The van der Waals surface area contributed by atoms with Crippen molar-refractivity contribution < 1.29 is 9.53 Å². The van der Waals surface area contributed by atoms with Crippen molar-refractivity contribution in [1.82, 2.24) is 15.0 Å². The van der Waals surface area contributed by atoms with Gasteiger partial charge in [0.05, 0.1) is 27.7 Å². The molecule has 1 aliphatic heterocycles. The first kappa shape index (κ1) is 15.0. The molecule has 2 aromatic carbocycles. The number of nitrogens with two attached hydrogens (primary N) is 1. The Labute approximate surface area is 151 Å². The first-order chi connectivity index (χ1) is 12.7. The largest absolute Gasteiger partial charge is 0.493 e. The molecule has 3 heterocycles. The maximum absolute atomic E-state index is 11.5. The van der Waals surface area contributed by atoms with Crippen LogP contribution in [0.3, 0.4) is 0 Å². The van der Waals surface area contributed by atoms with E-state index in [4.69, 9.17) is 10.5 Å². The predicted octanol–water partition coefficient (Wildman–Crippen LogP) is 3.02. The van der Waals surface area contributed by atoms with E-state index in [9.17, 15) is 4.79 Å². The summed E-state index contributed by atoms with van der Waals surface area (Å²) in [7, 11) is 0. The van der Waals surface area contributed by atoms with Gasteiger partial charge in [0.2, 0.25) is 0 Å². The Bertz CT molecular complexity index is 1190. The van der Waals surface area contributed by atoms with E-state index >= 15 is 0 Å². The van der Waals surface area contributed by atoms with Gasteiger partial charge in [-0.05, 0) is 35.9 Å². The van der Waals surface area contributed by atoms with Crippen LogP contribution in [0, 0.1) is 0 Å². The maximum Gasteiger partial charge on any atom is 0.277 e. The van der Waals surface area contributed by atoms with Gasteiger partial charge in [-0.15, -0.1) is 11.3 Å². The summed E-state index contributed by atoms with van der Waals surface area (Å²) in [4.78, 5) is 24.6. The molecule has 0 aliphatic carbocycles. The second-order valence-electron chi connectivity index (χ2n) is 5.96. The molecule has 0 spiro atoms. The zero-order chi connectivity index (χ0) is 17.7. The maximum atomic E-state index is 11.5. The lowest BCUT2D eigenvalue weighted by Crippen LogP contribution is -2.09. The second kappa shape index (κ2) is 5.63. The van der Waals surface area contributed by atoms with Gasteiger partial charge in [-0.25, -0.2) is 15.0 Å². The smallest absolute Gasteiger partial charge is 0.277 e. The van der Waals surface area contributed by atoms with Gasteiger partial charge in [-0.1, -0.05) is 0 Å². The number of nitrogens with one attached hydrogen (secondary N) is 1. The predicted molar refractivity (Wildman–Crippen MR) is 100 cm³/mol. The molecular weight excluding hydrogens is 350 g/mol. The number of hydrogen-bond acceptors (Lipinski definition) is 7. The molecule has 26 heavy (non-hydrogen) atoms. The molecule has 0 saturated carbocycles. The van der Waals surface area contributed by atoms with Crippen molar-refractivity contribution >= 4 is 49.9 Å². The highest BCUT2D eigenvalue weighted by molar-refractivity contribution is 7.21. The normalized spacial score (nSPS) is 12.9. The Morgan fingerprint density at radius 2 is 2.08 bits per heavy atom. The first-order valence-electron chi connectivity index (χ1n) is 8.06. The third-order valence-electron chi connectivity index (χ3n) is 4.32. The van der Waals surface area contributed by atoms with Crippen molar-refractivity contribution in [2.45, 2.75) is 6.42 Å². The van der Waals surface area contributed by atoms with E-state index in [0.29, 0.717) is 17.9 Å². The summed E-state index contributed by atoms with van der Waals surface area (Å²) in [6, 6.07) is 9.69. The monoisotopic (exact) mass is 363 g/mol. The SMILES string of the molecule is NC(=O)c1nc2ccc3ncnc(Nc4ccc5c(c4)CCO5)c3c2s1. The van der Waals surface area contributed by atoms with E-state index in [1.807, 2.05) is 24.3 Å². The number of aromatic nitrogens is 3. The number of primary amides is 1. The van der Waals surface area contributed by atoms with Crippen LogP contribution in [0.15, 0.2) is 36.7 Å². The van der Waals surface area contributed by atoms with Gasteiger partial charge in [0, 0.05) is 12.1 Å². The number of rotatable bonds is 3. The average molecular weight is 363 g/mol. The van der Waals surface area contributed by atoms with Crippen LogP contribution < -0.4 is 15.8 Å². The molecule has 128 valence electrons. The van der Waals surface area contributed by atoms with E-state index in [1.54, 1.807) is 0 Å². The summed E-state index contributed by atoms with van der Waals surface area (Å²) in [5, 5.41) is 4.46. The van der Waals surface area contributed by atoms with Gasteiger partial charge in [-0.3, -0.25) is 4.79 Å². The fourth-order valence-corrected chi connectivity index (χ4v) is 4.09. The van der Waals surface area contributed by atoms with E-state index in [1.165, 1.54) is 23.2 Å². The van der Waals surface area contributed by atoms with Crippen LogP contribution in [0.25, 0.3) is 21.1 Å². The van der Waals surface area contributed by atoms with E-state index in [2.05, 4.69) is 26.3 Å². The Morgan fingerprint density at radius 3 is 2.96 bits per heavy atom. The number of benzene rings is 2. The molecule has 0 atom stereocenters. The highest BCUT2D eigenvalue weighted by atomic mass is 32.1. The molecule has 5 rings (SSSR count). The number of fused-ring (bicyclic) bond motifs is 4. The molecule has 3 N–H and O–H groups in total. The third-order valence-corrected chi connectivity index (χ3v) is 5.42.